The van der Waals surface area contributed by atoms with Gasteiger partial charge in [-0.2, -0.15) is 0 Å². The normalized spacial score (nSPS) is 12.2. The number of rotatable bonds is 8. The number of carbonyl (C=O) groups excluding carboxylic acids is 2. The molecule has 0 spiro atoms. The fourth-order valence-corrected chi connectivity index (χ4v) is 3.16. The number of carbonyl (C=O) groups is 2. The predicted molar refractivity (Wildman–Crippen MR) is 120 cm³/mol. The van der Waals surface area contributed by atoms with Crippen LogP contribution in [0.3, 0.4) is 0 Å². The number of amides is 1. The summed E-state index contributed by atoms with van der Waals surface area (Å²) in [6.45, 7) is 9.54. The molecule has 2 N–H and O–H groups in total. The number of benzene rings is 2. The number of hydrogen-bond acceptors (Lipinski definition) is 5. The van der Waals surface area contributed by atoms with Gasteiger partial charge in [0.25, 0.3) is 0 Å². The molecule has 2 aromatic rings. The van der Waals surface area contributed by atoms with Crippen LogP contribution in [0.5, 0.6) is 11.5 Å². The van der Waals surface area contributed by atoms with Crippen molar-refractivity contribution in [3.05, 3.63) is 58.7 Å². The van der Waals surface area contributed by atoms with E-state index in [4.69, 9.17) is 9.47 Å². The van der Waals surface area contributed by atoms with Crippen LogP contribution in [0.4, 0.5) is 0 Å². The van der Waals surface area contributed by atoms with E-state index in [1.807, 2.05) is 26.0 Å². The van der Waals surface area contributed by atoms with Gasteiger partial charge in [0.1, 0.15) is 6.61 Å². The van der Waals surface area contributed by atoms with E-state index < -0.39 is 5.41 Å². The Labute approximate surface area is 184 Å². The smallest absolute Gasteiger partial charge is 0.311 e. The molecule has 0 aliphatic rings. The van der Waals surface area contributed by atoms with Crippen LogP contribution in [-0.4, -0.2) is 36.7 Å². The molecule has 31 heavy (non-hydrogen) atoms. The van der Waals surface area contributed by atoms with Crippen molar-refractivity contribution >= 4 is 11.9 Å². The van der Waals surface area contributed by atoms with Crippen molar-refractivity contribution in [1.82, 2.24) is 5.32 Å². The molecule has 168 valence electrons. The van der Waals surface area contributed by atoms with Crippen molar-refractivity contribution in [1.29, 1.82) is 0 Å². The quantitative estimate of drug-likeness (QED) is 0.625. The summed E-state index contributed by atoms with van der Waals surface area (Å²) >= 11 is 0. The lowest BCUT2D eigenvalue weighted by Crippen LogP contribution is -2.42. The van der Waals surface area contributed by atoms with Gasteiger partial charge in [0.05, 0.1) is 25.0 Å². The first-order chi connectivity index (χ1) is 14.5. The van der Waals surface area contributed by atoms with Crippen molar-refractivity contribution in [2.75, 3.05) is 13.7 Å². The molecule has 2 aromatic carbocycles. The first-order valence-corrected chi connectivity index (χ1v) is 10.4. The van der Waals surface area contributed by atoms with Gasteiger partial charge in [-0.05, 0) is 63.8 Å². The second-order valence-corrected chi connectivity index (χ2v) is 8.88. The fraction of sp³-hybridized carbons (Fsp3) is 0.440. The summed E-state index contributed by atoms with van der Waals surface area (Å²) in [5.41, 5.74) is 3.37. The number of phenolic OH excluding ortho intramolecular Hbond substituents is 1. The SMILES string of the molecule is COc1c(O)cccc1CC(=O)NC(COC(=O)C(C)(C)C)Cc1ccc(C)c(C)c1. The largest absolute Gasteiger partial charge is 0.504 e. The monoisotopic (exact) mass is 427 g/mol. The minimum absolute atomic E-state index is 0.0152. The van der Waals surface area contributed by atoms with Crippen LogP contribution in [0.25, 0.3) is 0 Å². The molecule has 0 fully saturated rings. The highest BCUT2D eigenvalue weighted by Gasteiger charge is 2.25. The summed E-state index contributed by atoms with van der Waals surface area (Å²) in [6.07, 6.45) is 0.565. The number of hydrogen-bond donors (Lipinski definition) is 2. The summed E-state index contributed by atoms with van der Waals surface area (Å²) in [7, 11) is 1.45. The minimum Gasteiger partial charge on any atom is -0.504 e. The van der Waals surface area contributed by atoms with Crippen molar-refractivity contribution in [2.45, 2.75) is 53.5 Å². The molecule has 2 rings (SSSR count). The topological polar surface area (TPSA) is 84.9 Å². The third-order valence-electron chi connectivity index (χ3n) is 5.08. The zero-order chi connectivity index (χ0) is 23.2. The van der Waals surface area contributed by atoms with Gasteiger partial charge in [-0.25, -0.2) is 0 Å². The van der Waals surface area contributed by atoms with Gasteiger partial charge in [-0.1, -0.05) is 30.3 Å². The Balaban J connectivity index is 2.15. The van der Waals surface area contributed by atoms with Crippen LogP contribution in [0.15, 0.2) is 36.4 Å². The number of phenols is 1. The first kappa shape index (κ1) is 24.3. The number of methoxy groups -OCH3 is 1. The van der Waals surface area contributed by atoms with Crippen LogP contribution in [-0.2, 0) is 27.2 Å². The van der Waals surface area contributed by atoms with Crippen molar-refractivity contribution in [3.63, 3.8) is 0 Å². The van der Waals surface area contributed by atoms with Gasteiger partial charge in [-0.3, -0.25) is 9.59 Å². The number of aryl methyl sites for hydroxylation is 2. The third-order valence-corrected chi connectivity index (χ3v) is 5.08. The summed E-state index contributed by atoms with van der Waals surface area (Å²) in [5.74, 6) is -0.299. The highest BCUT2D eigenvalue weighted by atomic mass is 16.5. The molecule has 0 aliphatic carbocycles. The summed E-state index contributed by atoms with van der Waals surface area (Å²) in [4.78, 5) is 25.0. The zero-order valence-electron chi connectivity index (χ0n) is 19.2. The third kappa shape index (κ3) is 7.02. The maximum Gasteiger partial charge on any atom is 0.311 e. The average Bonchev–Trinajstić information content (AvgIpc) is 2.68. The Bertz CT molecular complexity index is 930. The Morgan fingerprint density at radius 1 is 1.10 bits per heavy atom. The molecular weight excluding hydrogens is 394 g/mol. The van der Waals surface area contributed by atoms with Crippen LogP contribution in [0.2, 0.25) is 0 Å². The van der Waals surface area contributed by atoms with Crippen LogP contribution in [0.1, 0.15) is 43.0 Å². The van der Waals surface area contributed by atoms with E-state index in [2.05, 4.69) is 11.4 Å². The molecule has 6 heteroatoms. The molecule has 6 nitrogen and oxygen atoms in total. The maximum atomic E-state index is 12.8. The van der Waals surface area contributed by atoms with E-state index in [1.165, 1.54) is 24.3 Å². The highest BCUT2D eigenvalue weighted by molar-refractivity contribution is 5.80. The molecular formula is C25H33NO5. The van der Waals surface area contributed by atoms with Gasteiger partial charge < -0.3 is 19.9 Å². The Kier molecular flexibility index (Phi) is 8.08. The van der Waals surface area contributed by atoms with Crippen molar-refractivity contribution in [3.8, 4) is 11.5 Å². The second-order valence-electron chi connectivity index (χ2n) is 8.88. The van der Waals surface area contributed by atoms with Gasteiger partial charge in [0, 0.05) is 5.56 Å². The van der Waals surface area contributed by atoms with Crippen LogP contribution >= 0.6 is 0 Å². The van der Waals surface area contributed by atoms with Crippen LogP contribution < -0.4 is 10.1 Å². The van der Waals surface area contributed by atoms with Crippen molar-refractivity contribution < 1.29 is 24.2 Å². The number of esters is 1. The van der Waals surface area contributed by atoms with Gasteiger partial charge >= 0.3 is 5.97 Å². The molecule has 1 atom stereocenters. The molecule has 1 amide bonds. The lowest BCUT2D eigenvalue weighted by molar-refractivity contribution is -0.154. The van der Waals surface area contributed by atoms with Crippen LogP contribution in [0, 0.1) is 19.3 Å². The number of para-hydroxylation sites is 1. The molecule has 0 saturated carbocycles. The van der Waals surface area contributed by atoms with Gasteiger partial charge in [0.2, 0.25) is 5.91 Å². The number of aromatic hydroxyl groups is 1. The molecule has 0 aliphatic heterocycles. The summed E-state index contributed by atoms with van der Waals surface area (Å²) in [5, 5.41) is 12.9. The molecule has 0 radical (unpaired) electrons. The van der Waals surface area contributed by atoms with Gasteiger partial charge in [-0.15, -0.1) is 0 Å². The lowest BCUT2D eigenvalue weighted by atomic mass is 9.97. The second kappa shape index (κ2) is 10.3. The summed E-state index contributed by atoms with van der Waals surface area (Å²) in [6, 6.07) is 10.7. The fourth-order valence-electron chi connectivity index (χ4n) is 3.16. The van der Waals surface area contributed by atoms with E-state index in [-0.39, 0.29) is 42.4 Å². The molecule has 1 unspecified atom stereocenters. The summed E-state index contributed by atoms with van der Waals surface area (Å²) < 4.78 is 10.7. The predicted octanol–water partition coefficient (Wildman–Crippen LogP) is 3.88. The van der Waals surface area contributed by atoms with E-state index in [0.717, 1.165) is 5.56 Å². The number of nitrogens with one attached hydrogen (secondary N) is 1. The van der Waals surface area contributed by atoms with E-state index >= 15 is 0 Å². The number of ether oxygens (including phenoxy) is 2. The Morgan fingerprint density at radius 3 is 2.42 bits per heavy atom. The van der Waals surface area contributed by atoms with E-state index in [0.29, 0.717) is 12.0 Å². The first-order valence-electron chi connectivity index (χ1n) is 10.4. The zero-order valence-corrected chi connectivity index (χ0v) is 19.2. The lowest BCUT2D eigenvalue weighted by Gasteiger charge is -2.23. The molecule has 0 aromatic heterocycles. The van der Waals surface area contributed by atoms with E-state index in [9.17, 15) is 14.7 Å². The Morgan fingerprint density at radius 2 is 1.81 bits per heavy atom. The molecule has 0 bridgehead atoms. The highest BCUT2D eigenvalue weighted by Crippen LogP contribution is 2.29. The standard InChI is InChI=1S/C25H33NO5/c1-16-10-11-18(12-17(16)2)13-20(15-31-24(29)25(3,4)5)26-22(28)14-19-8-7-9-21(27)23(19)30-6/h7-12,20,27H,13-15H2,1-6H3,(H,26,28). The maximum absolute atomic E-state index is 12.8. The minimum atomic E-state index is -0.621. The van der Waals surface area contributed by atoms with E-state index in [1.54, 1.807) is 32.9 Å². The van der Waals surface area contributed by atoms with Gasteiger partial charge in [0.15, 0.2) is 11.5 Å². The molecule has 0 saturated heterocycles. The Hall–Kier alpha value is -3.02. The average molecular weight is 428 g/mol. The molecule has 0 heterocycles. The van der Waals surface area contributed by atoms with Crippen molar-refractivity contribution in [2.24, 2.45) is 5.41 Å².